The minimum absolute atomic E-state index is 0.0811. The molecule has 1 aliphatic heterocycles. The van der Waals surface area contributed by atoms with Gasteiger partial charge < -0.3 is 5.32 Å². The molecule has 0 unspecified atom stereocenters. The molecule has 0 aromatic heterocycles. The van der Waals surface area contributed by atoms with Crippen molar-refractivity contribution >= 4 is 10.0 Å². The van der Waals surface area contributed by atoms with Crippen molar-refractivity contribution in [3.63, 3.8) is 0 Å². The zero-order chi connectivity index (χ0) is 14.0. The molecule has 1 N–H and O–H groups in total. The first-order chi connectivity index (χ1) is 8.95. The fraction of sp³-hybridized carbons (Fsp3) is 0.538. The number of hydrogen-bond donors (Lipinski definition) is 1. The van der Waals surface area contributed by atoms with Gasteiger partial charge in [-0.3, -0.25) is 0 Å². The van der Waals surface area contributed by atoms with Crippen LogP contribution in [0.5, 0.6) is 0 Å². The van der Waals surface area contributed by atoms with Crippen molar-refractivity contribution in [3.05, 3.63) is 29.6 Å². The fourth-order valence-electron chi connectivity index (χ4n) is 2.46. The summed E-state index contributed by atoms with van der Waals surface area (Å²) in [6.45, 7) is 3.49. The molecule has 0 amide bonds. The summed E-state index contributed by atoms with van der Waals surface area (Å²) in [5.74, 6) is -0.191. The zero-order valence-corrected chi connectivity index (χ0v) is 12.0. The Morgan fingerprint density at radius 1 is 1.47 bits per heavy atom. The topological polar surface area (TPSA) is 49.4 Å². The third kappa shape index (κ3) is 2.96. The fourth-order valence-corrected chi connectivity index (χ4v) is 4.23. The van der Waals surface area contributed by atoms with Crippen molar-refractivity contribution < 1.29 is 12.8 Å². The van der Waals surface area contributed by atoms with Crippen LogP contribution in [-0.4, -0.2) is 39.4 Å². The molecular weight excluding hydrogens is 267 g/mol. The summed E-state index contributed by atoms with van der Waals surface area (Å²) in [7, 11) is -1.72. The Kier molecular flexibility index (Phi) is 4.23. The molecule has 1 aliphatic rings. The van der Waals surface area contributed by atoms with Gasteiger partial charge in [-0.25, -0.2) is 12.8 Å². The number of halogens is 1. The Labute approximate surface area is 113 Å². The van der Waals surface area contributed by atoms with Crippen LogP contribution in [0.4, 0.5) is 4.39 Å². The van der Waals surface area contributed by atoms with Crippen LogP contribution in [0.2, 0.25) is 0 Å². The molecule has 1 aromatic carbocycles. The Bertz CT molecular complexity index is 560. The van der Waals surface area contributed by atoms with Gasteiger partial charge in [0, 0.05) is 13.1 Å². The van der Waals surface area contributed by atoms with Gasteiger partial charge in [-0.05, 0) is 50.6 Å². The van der Waals surface area contributed by atoms with Gasteiger partial charge in [0.25, 0.3) is 0 Å². The van der Waals surface area contributed by atoms with Crippen LogP contribution in [0, 0.1) is 18.7 Å². The quantitative estimate of drug-likeness (QED) is 0.909. The summed E-state index contributed by atoms with van der Waals surface area (Å²) in [5, 5.41) is 3.06. The molecule has 0 radical (unpaired) electrons. The van der Waals surface area contributed by atoms with Crippen molar-refractivity contribution in [3.8, 4) is 0 Å². The first-order valence-electron chi connectivity index (χ1n) is 6.36. The predicted octanol–water partition coefficient (Wildman–Crippen LogP) is 1.36. The lowest BCUT2D eigenvalue weighted by molar-refractivity contribution is 0.450. The molecule has 4 nitrogen and oxygen atoms in total. The van der Waals surface area contributed by atoms with Crippen LogP contribution in [0.3, 0.4) is 0 Å². The van der Waals surface area contributed by atoms with Crippen molar-refractivity contribution in [2.45, 2.75) is 18.2 Å². The Hall–Kier alpha value is -0.980. The van der Waals surface area contributed by atoms with Crippen LogP contribution in [0.25, 0.3) is 0 Å². The van der Waals surface area contributed by atoms with Gasteiger partial charge in [0.1, 0.15) is 5.82 Å². The van der Waals surface area contributed by atoms with E-state index in [0.29, 0.717) is 24.6 Å². The van der Waals surface area contributed by atoms with E-state index in [4.69, 9.17) is 0 Å². The smallest absolute Gasteiger partial charge is 0.243 e. The highest BCUT2D eigenvalue weighted by Crippen LogP contribution is 2.26. The van der Waals surface area contributed by atoms with E-state index in [1.54, 1.807) is 6.92 Å². The second kappa shape index (κ2) is 5.56. The zero-order valence-electron chi connectivity index (χ0n) is 11.2. The van der Waals surface area contributed by atoms with Crippen molar-refractivity contribution in [1.29, 1.82) is 0 Å². The molecule has 1 heterocycles. The van der Waals surface area contributed by atoms with Gasteiger partial charge in [-0.1, -0.05) is 6.07 Å². The maximum atomic E-state index is 13.3. The van der Waals surface area contributed by atoms with E-state index in [0.717, 1.165) is 19.0 Å². The third-order valence-electron chi connectivity index (χ3n) is 3.51. The minimum atomic E-state index is -3.58. The average Bonchev–Trinajstić information content (AvgIpc) is 2.82. The molecule has 0 aliphatic carbocycles. The van der Waals surface area contributed by atoms with Gasteiger partial charge >= 0.3 is 0 Å². The maximum Gasteiger partial charge on any atom is 0.243 e. The largest absolute Gasteiger partial charge is 0.319 e. The number of sulfonamides is 1. The van der Waals surface area contributed by atoms with E-state index in [9.17, 15) is 12.8 Å². The molecule has 0 spiro atoms. The molecule has 1 aromatic rings. The summed E-state index contributed by atoms with van der Waals surface area (Å²) in [6.07, 6.45) is 0.842. The standard InChI is InChI=1S/C13H19FN2O2S/c1-10-3-4-12(14)7-13(10)19(17,18)16-6-5-11(9-16)8-15-2/h3-4,7,11,15H,5-6,8-9H2,1-2H3/t11-/m1/s1. The van der Waals surface area contributed by atoms with E-state index in [-0.39, 0.29) is 4.90 Å². The van der Waals surface area contributed by atoms with Crippen LogP contribution >= 0.6 is 0 Å². The summed E-state index contributed by atoms with van der Waals surface area (Å²) in [4.78, 5) is 0.0811. The highest BCUT2D eigenvalue weighted by Gasteiger charge is 2.33. The molecule has 1 fully saturated rings. The van der Waals surface area contributed by atoms with Gasteiger partial charge in [0.2, 0.25) is 10.0 Å². The monoisotopic (exact) mass is 286 g/mol. The molecule has 1 atom stereocenters. The summed E-state index contributed by atoms with van der Waals surface area (Å²) in [5.41, 5.74) is 0.582. The molecular formula is C13H19FN2O2S. The van der Waals surface area contributed by atoms with Gasteiger partial charge in [-0.15, -0.1) is 0 Å². The molecule has 6 heteroatoms. The van der Waals surface area contributed by atoms with Crippen molar-refractivity contribution in [1.82, 2.24) is 9.62 Å². The molecule has 0 saturated carbocycles. The van der Waals surface area contributed by atoms with E-state index >= 15 is 0 Å². The third-order valence-corrected chi connectivity index (χ3v) is 5.52. The van der Waals surface area contributed by atoms with Gasteiger partial charge in [0.15, 0.2) is 0 Å². The van der Waals surface area contributed by atoms with E-state index in [2.05, 4.69) is 5.32 Å². The summed E-state index contributed by atoms with van der Waals surface area (Å²) >= 11 is 0. The molecule has 19 heavy (non-hydrogen) atoms. The van der Waals surface area contributed by atoms with Crippen molar-refractivity contribution in [2.24, 2.45) is 5.92 Å². The number of rotatable bonds is 4. The number of aryl methyl sites for hydroxylation is 1. The number of nitrogens with one attached hydrogen (secondary N) is 1. The second-order valence-electron chi connectivity index (χ2n) is 4.99. The first kappa shape index (κ1) is 14.4. The highest BCUT2D eigenvalue weighted by atomic mass is 32.2. The van der Waals surface area contributed by atoms with Gasteiger partial charge in [0.05, 0.1) is 4.90 Å². The lowest BCUT2D eigenvalue weighted by atomic mass is 10.1. The highest BCUT2D eigenvalue weighted by molar-refractivity contribution is 7.89. The lowest BCUT2D eigenvalue weighted by Crippen LogP contribution is -2.31. The lowest BCUT2D eigenvalue weighted by Gasteiger charge is -2.18. The van der Waals surface area contributed by atoms with E-state index in [1.165, 1.54) is 16.4 Å². The number of hydrogen-bond acceptors (Lipinski definition) is 3. The first-order valence-corrected chi connectivity index (χ1v) is 7.80. The molecule has 2 rings (SSSR count). The SMILES string of the molecule is CNC[C@H]1CCN(S(=O)(=O)c2cc(F)ccc2C)C1. The summed E-state index contributed by atoms with van der Waals surface area (Å²) in [6, 6.07) is 3.89. The molecule has 1 saturated heterocycles. The van der Waals surface area contributed by atoms with E-state index in [1.807, 2.05) is 7.05 Å². The van der Waals surface area contributed by atoms with Crippen LogP contribution in [0.1, 0.15) is 12.0 Å². The molecule has 106 valence electrons. The Morgan fingerprint density at radius 2 is 2.21 bits per heavy atom. The number of nitrogens with zero attached hydrogens (tertiary/aromatic N) is 1. The normalized spacial score (nSPS) is 20.9. The van der Waals surface area contributed by atoms with Crippen molar-refractivity contribution in [2.75, 3.05) is 26.7 Å². The molecule has 0 bridgehead atoms. The second-order valence-corrected chi connectivity index (χ2v) is 6.89. The van der Waals surface area contributed by atoms with Crippen LogP contribution in [0.15, 0.2) is 23.1 Å². The van der Waals surface area contributed by atoms with Crippen LogP contribution in [-0.2, 0) is 10.0 Å². The minimum Gasteiger partial charge on any atom is -0.319 e. The maximum absolute atomic E-state index is 13.3. The van der Waals surface area contributed by atoms with Crippen LogP contribution < -0.4 is 5.32 Å². The summed E-state index contributed by atoms with van der Waals surface area (Å²) < 4.78 is 39.7. The predicted molar refractivity (Wildman–Crippen MR) is 71.9 cm³/mol. The number of benzene rings is 1. The van der Waals surface area contributed by atoms with Gasteiger partial charge in [-0.2, -0.15) is 4.31 Å². The average molecular weight is 286 g/mol. The Balaban J connectivity index is 2.26. The Morgan fingerprint density at radius 3 is 2.89 bits per heavy atom. The van der Waals surface area contributed by atoms with E-state index < -0.39 is 15.8 Å².